The van der Waals surface area contributed by atoms with Crippen LogP contribution < -0.4 is 5.43 Å². The average molecular weight is 269 g/mol. The van der Waals surface area contributed by atoms with Gasteiger partial charge in [-0.05, 0) is 6.92 Å². The third-order valence-corrected chi connectivity index (χ3v) is 3.26. The van der Waals surface area contributed by atoms with Crippen LogP contribution in [0, 0.1) is 11.8 Å². The molecular formula is C13H23N3O3. The van der Waals surface area contributed by atoms with Crippen molar-refractivity contribution >= 4 is 17.7 Å². The fourth-order valence-corrected chi connectivity index (χ4v) is 1.92. The van der Waals surface area contributed by atoms with E-state index in [9.17, 15) is 14.4 Å². The van der Waals surface area contributed by atoms with Gasteiger partial charge < -0.3 is 4.90 Å². The van der Waals surface area contributed by atoms with Gasteiger partial charge in [0.1, 0.15) is 0 Å². The Morgan fingerprint density at radius 1 is 1.05 bits per heavy atom. The first-order chi connectivity index (χ1) is 8.75. The van der Waals surface area contributed by atoms with Crippen LogP contribution in [0.2, 0.25) is 0 Å². The molecule has 0 aromatic rings. The van der Waals surface area contributed by atoms with Gasteiger partial charge in [-0.15, -0.1) is 0 Å². The third kappa shape index (κ3) is 3.45. The van der Waals surface area contributed by atoms with E-state index < -0.39 is 6.04 Å². The van der Waals surface area contributed by atoms with Crippen molar-refractivity contribution in [2.45, 2.75) is 40.7 Å². The van der Waals surface area contributed by atoms with E-state index in [2.05, 4.69) is 5.43 Å². The SMILES string of the molecule is CC(C)C(=O)NN1CCN([C@@H](C)C(=O)C(C)C)C1=O. The Kier molecular flexibility index (Phi) is 4.91. The van der Waals surface area contributed by atoms with E-state index in [1.807, 2.05) is 13.8 Å². The molecule has 1 aliphatic rings. The molecule has 0 spiro atoms. The fraction of sp³-hybridized carbons (Fsp3) is 0.769. The molecule has 108 valence electrons. The van der Waals surface area contributed by atoms with Gasteiger partial charge >= 0.3 is 6.03 Å². The second-order valence-electron chi connectivity index (χ2n) is 5.49. The van der Waals surface area contributed by atoms with E-state index in [0.717, 1.165) is 0 Å². The number of hydrazine groups is 1. The molecule has 19 heavy (non-hydrogen) atoms. The van der Waals surface area contributed by atoms with E-state index in [0.29, 0.717) is 13.1 Å². The van der Waals surface area contributed by atoms with Gasteiger partial charge in [0, 0.05) is 18.4 Å². The summed E-state index contributed by atoms with van der Waals surface area (Å²) < 4.78 is 0. The van der Waals surface area contributed by atoms with Gasteiger partial charge in [-0.2, -0.15) is 0 Å². The number of ketones is 1. The summed E-state index contributed by atoms with van der Waals surface area (Å²) in [6.45, 7) is 9.75. The summed E-state index contributed by atoms with van der Waals surface area (Å²) in [6.07, 6.45) is 0. The predicted octanol–water partition coefficient (Wildman–Crippen LogP) is 1.02. The number of rotatable bonds is 5. The predicted molar refractivity (Wildman–Crippen MR) is 71.1 cm³/mol. The van der Waals surface area contributed by atoms with Crippen molar-refractivity contribution in [2.75, 3.05) is 13.1 Å². The van der Waals surface area contributed by atoms with Gasteiger partial charge in [0.05, 0.1) is 12.6 Å². The van der Waals surface area contributed by atoms with E-state index in [-0.39, 0.29) is 29.6 Å². The second-order valence-corrected chi connectivity index (χ2v) is 5.49. The highest BCUT2D eigenvalue weighted by molar-refractivity contribution is 5.91. The number of amides is 3. The minimum atomic E-state index is -0.451. The molecule has 1 N–H and O–H groups in total. The molecule has 1 aliphatic heterocycles. The summed E-state index contributed by atoms with van der Waals surface area (Å²) in [6, 6.07) is -0.760. The lowest BCUT2D eigenvalue weighted by Gasteiger charge is -2.25. The van der Waals surface area contributed by atoms with Crippen molar-refractivity contribution in [1.82, 2.24) is 15.3 Å². The third-order valence-electron chi connectivity index (χ3n) is 3.26. The summed E-state index contributed by atoms with van der Waals surface area (Å²) in [4.78, 5) is 37.1. The second kappa shape index (κ2) is 6.04. The van der Waals surface area contributed by atoms with Crippen molar-refractivity contribution in [2.24, 2.45) is 11.8 Å². The van der Waals surface area contributed by atoms with Crippen LogP contribution in [0.25, 0.3) is 0 Å². The Labute approximate surface area is 114 Å². The van der Waals surface area contributed by atoms with Gasteiger partial charge in [-0.25, -0.2) is 9.80 Å². The summed E-state index contributed by atoms with van der Waals surface area (Å²) in [5, 5.41) is 1.28. The van der Waals surface area contributed by atoms with Gasteiger partial charge in [0.15, 0.2) is 5.78 Å². The first-order valence-electron chi connectivity index (χ1n) is 6.68. The maximum Gasteiger partial charge on any atom is 0.339 e. The van der Waals surface area contributed by atoms with Crippen LogP contribution >= 0.6 is 0 Å². The summed E-state index contributed by atoms with van der Waals surface area (Å²) >= 11 is 0. The number of carbonyl (C=O) groups excluding carboxylic acids is 3. The average Bonchev–Trinajstić information content (AvgIpc) is 2.69. The van der Waals surface area contributed by atoms with Gasteiger partial charge in [0.2, 0.25) is 5.91 Å². The smallest absolute Gasteiger partial charge is 0.312 e. The van der Waals surface area contributed by atoms with Crippen LogP contribution in [0.5, 0.6) is 0 Å². The van der Waals surface area contributed by atoms with Crippen LogP contribution in [0.15, 0.2) is 0 Å². The van der Waals surface area contributed by atoms with E-state index in [1.165, 1.54) is 9.91 Å². The molecule has 1 rings (SSSR count). The Hall–Kier alpha value is -1.59. The molecule has 1 heterocycles. The number of Topliss-reactive ketones (excluding diaryl/α,β-unsaturated/α-hetero) is 1. The van der Waals surface area contributed by atoms with Gasteiger partial charge in [-0.3, -0.25) is 15.0 Å². The molecule has 0 radical (unpaired) electrons. The number of carbonyl (C=O) groups is 3. The monoisotopic (exact) mass is 269 g/mol. The summed E-state index contributed by atoms with van der Waals surface area (Å²) in [7, 11) is 0. The molecule has 0 aromatic heterocycles. The maximum atomic E-state index is 12.1. The molecule has 1 atom stereocenters. The van der Waals surface area contributed by atoms with Gasteiger partial charge in [-0.1, -0.05) is 27.7 Å². The molecular weight excluding hydrogens is 246 g/mol. The fourth-order valence-electron chi connectivity index (χ4n) is 1.92. The lowest BCUT2D eigenvalue weighted by molar-refractivity contribution is -0.127. The van der Waals surface area contributed by atoms with E-state index >= 15 is 0 Å². The molecule has 1 saturated heterocycles. The van der Waals surface area contributed by atoms with Crippen molar-refractivity contribution in [1.29, 1.82) is 0 Å². The number of hydrogen-bond acceptors (Lipinski definition) is 3. The molecule has 1 fully saturated rings. The number of nitrogens with one attached hydrogen (secondary N) is 1. The van der Waals surface area contributed by atoms with Crippen molar-refractivity contribution in [3.05, 3.63) is 0 Å². The lowest BCUT2D eigenvalue weighted by Crippen LogP contribution is -2.49. The normalized spacial score (nSPS) is 17.3. The molecule has 0 saturated carbocycles. The van der Waals surface area contributed by atoms with Crippen LogP contribution in [0.1, 0.15) is 34.6 Å². The molecule has 6 nitrogen and oxygen atoms in total. The standard InChI is InChI=1S/C13H23N3O3/c1-8(2)11(17)10(5)15-6-7-16(13(15)19)14-12(18)9(3)4/h8-10H,6-7H2,1-5H3,(H,14,18)/t10-/m0/s1. The molecule has 3 amide bonds. The molecule has 6 heteroatoms. The molecule has 0 aromatic carbocycles. The van der Waals surface area contributed by atoms with Crippen molar-refractivity contribution in [3.8, 4) is 0 Å². The zero-order valence-electron chi connectivity index (χ0n) is 12.3. The number of nitrogens with zero attached hydrogens (tertiary/aromatic N) is 2. The summed E-state index contributed by atoms with van der Waals surface area (Å²) in [5.74, 6) is -0.456. The maximum absolute atomic E-state index is 12.1. The molecule has 0 aliphatic carbocycles. The highest BCUT2D eigenvalue weighted by Crippen LogP contribution is 2.14. The minimum Gasteiger partial charge on any atom is -0.312 e. The first-order valence-corrected chi connectivity index (χ1v) is 6.68. The largest absolute Gasteiger partial charge is 0.339 e. The Morgan fingerprint density at radius 3 is 2.11 bits per heavy atom. The van der Waals surface area contributed by atoms with Crippen LogP contribution in [-0.2, 0) is 9.59 Å². The Morgan fingerprint density at radius 2 is 1.63 bits per heavy atom. The highest BCUT2D eigenvalue weighted by Gasteiger charge is 2.36. The van der Waals surface area contributed by atoms with E-state index in [1.54, 1.807) is 20.8 Å². The topological polar surface area (TPSA) is 69.7 Å². The number of urea groups is 1. The van der Waals surface area contributed by atoms with Crippen LogP contribution in [0.4, 0.5) is 4.79 Å². The molecule has 0 unspecified atom stereocenters. The zero-order valence-corrected chi connectivity index (χ0v) is 12.3. The van der Waals surface area contributed by atoms with Crippen LogP contribution in [-0.4, -0.2) is 46.8 Å². The Balaban J connectivity index is 2.65. The first kappa shape index (κ1) is 15.5. The summed E-state index contributed by atoms with van der Waals surface area (Å²) in [5.41, 5.74) is 2.57. The lowest BCUT2D eigenvalue weighted by atomic mass is 10.0. The highest BCUT2D eigenvalue weighted by atomic mass is 16.2. The quantitative estimate of drug-likeness (QED) is 0.810. The van der Waals surface area contributed by atoms with Gasteiger partial charge in [0.25, 0.3) is 0 Å². The van der Waals surface area contributed by atoms with Crippen molar-refractivity contribution in [3.63, 3.8) is 0 Å². The van der Waals surface area contributed by atoms with Crippen LogP contribution in [0.3, 0.4) is 0 Å². The van der Waals surface area contributed by atoms with E-state index in [4.69, 9.17) is 0 Å². The number of hydrogen-bond donors (Lipinski definition) is 1. The minimum absolute atomic E-state index is 0.0328. The van der Waals surface area contributed by atoms with Crippen molar-refractivity contribution < 1.29 is 14.4 Å². The Bertz CT molecular complexity index is 379. The molecule has 0 bridgehead atoms. The zero-order chi connectivity index (χ0) is 14.7.